The first-order valence-electron chi connectivity index (χ1n) is 5.84. The Morgan fingerprint density at radius 1 is 1.25 bits per heavy atom. The maximum Gasteiger partial charge on any atom is 0.0320 e. The molecule has 0 heterocycles. The van der Waals surface area contributed by atoms with Gasteiger partial charge in [-0.3, -0.25) is 0 Å². The highest BCUT2D eigenvalue weighted by Gasteiger charge is 2.22. The van der Waals surface area contributed by atoms with E-state index >= 15 is 0 Å². The molecule has 1 nitrogen and oxygen atoms in total. The molecule has 1 aromatic carbocycles. The lowest BCUT2D eigenvalue weighted by molar-refractivity contribution is 0.426. The van der Waals surface area contributed by atoms with Crippen molar-refractivity contribution in [2.24, 2.45) is 5.92 Å². The van der Waals surface area contributed by atoms with Crippen LogP contribution in [0.3, 0.4) is 0 Å². The highest BCUT2D eigenvalue weighted by Crippen LogP contribution is 2.26. The van der Waals surface area contributed by atoms with E-state index in [1.807, 2.05) is 0 Å². The van der Waals surface area contributed by atoms with Crippen LogP contribution in [0.2, 0.25) is 0 Å². The molecule has 88 valence electrons. The minimum atomic E-state index is 0.711. The Kier molecular flexibility index (Phi) is 4.45. The van der Waals surface area contributed by atoms with Gasteiger partial charge in [-0.25, -0.2) is 0 Å². The summed E-state index contributed by atoms with van der Waals surface area (Å²) < 4.78 is 2.25. The van der Waals surface area contributed by atoms with Crippen LogP contribution >= 0.6 is 31.9 Å². The van der Waals surface area contributed by atoms with Gasteiger partial charge in [0.15, 0.2) is 0 Å². The van der Waals surface area contributed by atoms with Gasteiger partial charge in [0.25, 0.3) is 0 Å². The average Bonchev–Trinajstić information content (AvgIpc) is 2.66. The molecule has 1 fully saturated rings. The van der Waals surface area contributed by atoms with Gasteiger partial charge in [-0.1, -0.05) is 19.4 Å². The molecule has 2 atom stereocenters. The van der Waals surface area contributed by atoms with Crippen molar-refractivity contribution >= 4 is 31.9 Å². The van der Waals surface area contributed by atoms with Crippen LogP contribution in [0.1, 0.15) is 31.7 Å². The zero-order valence-electron chi connectivity index (χ0n) is 9.47. The first kappa shape index (κ1) is 12.6. The minimum absolute atomic E-state index is 0.711. The van der Waals surface area contributed by atoms with E-state index in [4.69, 9.17) is 0 Å². The summed E-state index contributed by atoms with van der Waals surface area (Å²) in [5, 5.41) is 3.66. The van der Waals surface area contributed by atoms with Gasteiger partial charge in [0, 0.05) is 21.5 Å². The van der Waals surface area contributed by atoms with E-state index in [2.05, 4.69) is 62.3 Å². The number of halogens is 2. The monoisotopic (exact) mass is 345 g/mol. The van der Waals surface area contributed by atoms with Crippen molar-refractivity contribution in [3.05, 3.63) is 32.7 Å². The fourth-order valence-corrected chi connectivity index (χ4v) is 3.02. The second-order valence-electron chi connectivity index (χ2n) is 4.64. The molecule has 0 aromatic heterocycles. The van der Waals surface area contributed by atoms with Crippen LogP contribution in [-0.4, -0.2) is 6.04 Å². The van der Waals surface area contributed by atoms with Crippen molar-refractivity contribution in [3.8, 4) is 0 Å². The van der Waals surface area contributed by atoms with Crippen molar-refractivity contribution in [2.75, 3.05) is 0 Å². The largest absolute Gasteiger partial charge is 0.310 e. The Labute approximate surface area is 114 Å². The molecule has 2 rings (SSSR count). The lowest BCUT2D eigenvalue weighted by Gasteiger charge is -2.17. The van der Waals surface area contributed by atoms with Gasteiger partial charge in [0.2, 0.25) is 0 Å². The summed E-state index contributed by atoms with van der Waals surface area (Å²) in [5.74, 6) is 0.832. The molecule has 0 bridgehead atoms. The molecule has 1 aromatic rings. The van der Waals surface area contributed by atoms with Gasteiger partial charge in [0.05, 0.1) is 0 Å². The van der Waals surface area contributed by atoms with Crippen LogP contribution in [0.4, 0.5) is 0 Å². The first-order valence-corrected chi connectivity index (χ1v) is 7.42. The Balaban J connectivity index is 1.91. The smallest absolute Gasteiger partial charge is 0.0320 e. The number of hydrogen-bond donors (Lipinski definition) is 1. The van der Waals surface area contributed by atoms with Crippen LogP contribution in [-0.2, 0) is 6.54 Å². The molecular weight excluding hydrogens is 330 g/mol. The molecule has 0 saturated heterocycles. The lowest BCUT2D eigenvalue weighted by atomic mass is 10.1. The fraction of sp³-hybridized carbons (Fsp3) is 0.538. The normalized spacial score (nSPS) is 24.9. The number of nitrogens with one attached hydrogen (secondary N) is 1. The number of rotatable bonds is 3. The van der Waals surface area contributed by atoms with Crippen molar-refractivity contribution in [2.45, 2.75) is 38.8 Å². The second kappa shape index (κ2) is 5.65. The Morgan fingerprint density at radius 2 is 2.06 bits per heavy atom. The standard InChI is InChI=1S/C13H17Br2N/c1-9-3-2-4-13(9)16-8-10-5-6-11(14)12(15)7-10/h5-7,9,13,16H,2-4,8H2,1H3. The molecule has 3 heteroatoms. The van der Waals surface area contributed by atoms with Gasteiger partial charge >= 0.3 is 0 Å². The Hall–Kier alpha value is 0.140. The highest BCUT2D eigenvalue weighted by molar-refractivity contribution is 9.13. The van der Waals surface area contributed by atoms with E-state index in [0.29, 0.717) is 6.04 Å². The summed E-state index contributed by atoms with van der Waals surface area (Å²) in [6, 6.07) is 7.15. The molecule has 1 N–H and O–H groups in total. The zero-order chi connectivity index (χ0) is 11.5. The SMILES string of the molecule is CC1CCCC1NCc1ccc(Br)c(Br)c1. The van der Waals surface area contributed by atoms with Gasteiger partial charge in [0.1, 0.15) is 0 Å². The topological polar surface area (TPSA) is 12.0 Å². The van der Waals surface area contributed by atoms with E-state index < -0.39 is 0 Å². The molecule has 1 aliphatic rings. The lowest BCUT2D eigenvalue weighted by Crippen LogP contribution is -2.30. The zero-order valence-corrected chi connectivity index (χ0v) is 12.6. The number of hydrogen-bond acceptors (Lipinski definition) is 1. The maximum absolute atomic E-state index is 3.66. The molecule has 0 amide bonds. The van der Waals surface area contributed by atoms with Crippen LogP contribution < -0.4 is 5.32 Å². The highest BCUT2D eigenvalue weighted by atomic mass is 79.9. The third kappa shape index (κ3) is 3.08. The third-order valence-corrected chi connectivity index (χ3v) is 5.29. The molecule has 0 spiro atoms. The first-order chi connectivity index (χ1) is 7.66. The molecule has 2 unspecified atom stereocenters. The molecule has 1 saturated carbocycles. The predicted octanol–water partition coefficient (Wildman–Crippen LogP) is 4.49. The fourth-order valence-electron chi connectivity index (χ4n) is 2.35. The van der Waals surface area contributed by atoms with Crippen LogP contribution in [0.5, 0.6) is 0 Å². The minimum Gasteiger partial charge on any atom is -0.310 e. The summed E-state index contributed by atoms with van der Waals surface area (Å²) in [6.07, 6.45) is 4.09. The molecule has 1 aliphatic carbocycles. The molecule has 0 radical (unpaired) electrons. The Morgan fingerprint density at radius 3 is 2.69 bits per heavy atom. The average molecular weight is 347 g/mol. The van der Waals surface area contributed by atoms with Gasteiger partial charge < -0.3 is 5.32 Å². The number of benzene rings is 1. The summed E-state index contributed by atoms with van der Waals surface area (Å²) in [6.45, 7) is 3.32. The van der Waals surface area contributed by atoms with Gasteiger partial charge in [-0.2, -0.15) is 0 Å². The summed E-state index contributed by atoms with van der Waals surface area (Å²) in [4.78, 5) is 0. The quantitative estimate of drug-likeness (QED) is 0.850. The second-order valence-corrected chi connectivity index (χ2v) is 6.35. The van der Waals surface area contributed by atoms with E-state index in [1.54, 1.807) is 0 Å². The van der Waals surface area contributed by atoms with Crippen molar-refractivity contribution in [3.63, 3.8) is 0 Å². The van der Waals surface area contributed by atoms with Crippen LogP contribution in [0.25, 0.3) is 0 Å². The van der Waals surface area contributed by atoms with E-state index in [0.717, 1.165) is 21.4 Å². The Bertz CT molecular complexity index is 365. The summed E-state index contributed by atoms with van der Waals surface area (Å²) in [5.41, 5.74) is 1.34. The van der Waals surface area contributed by atoms with Crippen LogP contribution in [0, 0.1) is 5.92 Å². The summed E-state index contributed by atoms with van der Waals surface area (Å²) >= 11 is 7.03. The van der Waals surface area contributed by atoms with Gasteiger partial charge in [-0.15, -0.1) is 0 Å². The van der Waals surface area contributed by atoms with Crippen molar-refractivity contribution < 1.29 is 0 Å². The van der Waals surface area contributed by atoms with E-state index in [9.17, 15) is 0 Å². The molecule has 0 aliphatic heterocycles. The third-order valence-electron chi connectivity index (χ3n) is 3.41. The molecule has 16 heavy (non-hydrogen) atoms. The van der Waals surface area contributed by atoms with E-state index in [-0.39, 0.29) is 0 Å². The van der Waals surface area contributed by atoms with Crippen LogP contribution in [0.15, 0.2) is 27.1 Å². The van der Waals surface area contributed by atoms with Gasteiger partial charge in [-0.05, 0) is 68.3 Å². The predicted molar refractivity (Wildman–Crippen MR) is 75.5 cm³/mol. The summed E-state index contributed by atoms with van der Waals surface area (Å²) in [7, 11) is 0. The maximum atomic E-state index is 3.66. The van der Waals surface area contributed by atoms with Crippen molar-refractivity contribution in [1.82, 2.24) is 5.32 Å². The van der Waals surface area contributed by atoms with Crippen molar-refractivity contribution in [1.29, 1.82) is 0 Å². The van der Waals surface area contributed by atoms with E-state index in [1.165, 1.54) is 24.8 Å². The molecular formula is C13H17Br2N.